The van der Waals surface area contributed by atoms with Crippen molar-refractivity contribution in [2.24, 2.45) is 0 Å². The van der Waals surface area contributed by atoms with Crippen LogP contribution in [-0.2, 0) is 4.79 Å². The fourth-order valence-electron chi connectivity index (χ4n) is 2.56. The zero-order chi connectivity index (χ0) is 18.4. The lowest BCUT2D eigenvalue weighted by Gasteiger charge is -2.14. The van der Waals surface area contributed by atoms with E-state index in [1.54, 1.807) is 30.6 Å². The topological polar surface area (TPSA) is 54.9 Å². The summed E-state index contributed by atoms with van der Waals surface area (Å²) in [6, 6.07) is 13.9. The Labute approximate surface area is 151 Å². The summed E-state index contributed by atoms with van der Waals surface area (Å²) < 4.78 is 13.6. The predicted molar refractivity (Wildman–Crippen MR) is 99.5 cm³/mol. The predicted octanol–water partition coefficient (Wildman–Crippen LogP) is 4.17. The molecule has 3 aromatic rings. The van der Waals surface area contributed by atoms with Crippen LogP contribution in [-0.4, -0.2) is 15.9 Å². The zero-order valence-corrected chi connectivity index (χ0v) is 14.3. The molecule has 0 saturated heterocycles. The van der Waals surface area contributed by atoms with Gasteiger partial charge in [0.15, 0.2) is 0 Å². The Morgan fingerprint density at radius 2 is 1.85 bits per heavy atom. The monoisotopic (exact) mass is 347 g/mol. The Morgan fingerprint density at radius 1 is 1.08 bits per heavy atom. The highest BCUT2D eigenvalue weighted by Crippen LogP contribution is 2.22. The molecule has 3 rings (SSSR count). The second kappa shape index (κ2) is 8.16. The van der Waals surface area contributed by atoms with E-state index in [0.717, 1.165) is 16.7 Å². The minimum Gasteiger partial charge on any atom is -0.346 e. The lowest BCUT2D eigenvalue weighted by Crippen LogP contribution is -2.24. The van der Waals surface area contributed by atoms with Crippen LogP contribution in [0.4, 0.5) is 4.39 Å². The summed E-state index contributed by atoms with van der Waals surface area (Å²) in [5.41, 5.74) is 3.22. The van der Waals surface area contributed by atoms with Crippen LogP contribution in [0.2, 0.25) is 0 Å². The molecule has 0 spiro atoms. The van der Waals surface area contributed by atoms with Crippen LogP contribution in [0.1, 0.15) is 24.1 Å². The zero-order valence-electron chi connectivity index (χ0n) is 14.3. The van der Waals surface area contributed by atoms with Gasteiger partial charge in [-0.2, -0.15) is 0 Å². The van der Waals surface area contributed by atoms with E-state index in [1.807, 2.05) is 31.2 Å². The lowest BCUT2D eigenvalue weighted by atomic mass is 10.0. The second-order valence-corrected chi connectivity index (χ2v) is 5.84. The van der Waals surface area contributed by atoms with Crippen LogP contribution >= 0.6 is 0 Å². The summed E-state index contributed by atoms with van der Waals surface area (Å²) in [6.45, 7) is 1.90. The van der Waals surface area contributed by atoms with Crippen LogP contribution < -0.4 is 5.32 Å². The van der Waals surface area contributed by atoms with Crippen molar-refractivity contribution in [1.29, 1.82) is 0 Å². The van der Waals surface area contributed by atoms with Crippen molar-refractivity contribution >= 4 is 12.0 Å². The number of amides is 1. The first-order chi connectivity index (χ1) is 12.6. The van der Waals surface area contributed by atoms with Gasteiger partial charge in [-0.05, 0) is 36.3 Å². The van der Waals surface area contributed by atoms with E-state index in [2.05, 4.69) is 15.3 Å². The Hall–Kier alpha value is -3.34. The Morgan fingerprint density at radius 3 is 2.62 bits per heavy atom. The maximum absolute atomic E-state index is 13.6. The van der Waals surface area contributed by atoms with Crippen molar-refractivity contribution in [2.45, 2.75) is 13.0 Å². The van der Waals surface area contributed by atoms with Gasteiger partial charge in [0.25, 0.3) is 0 Å². The summed E-state index contributed by atoms with van der Waals surface area (Å²) in [5.74, 6) is -0.642. The Balaban J connectivity index is 1.69. The molecular weight excluding hydrogens is 329 g/mol. The number of carbonyl (C=O) groups is 1. The molecule has 5 heteroatoms. The van der Waals surface area contributed by atoms with Crippen LogP contribution in [0.25, 0.3) is 17.2 Å². The molecular formula is C21H18FN3O. The maximum atomic E-state index is 13.6. The van der Waals surface area contributed by atoms with Gasteiger partial charge in [0.05, 0.1) is 6.04 Å². The van der Waals surface area contributed by atoms with Gasteiger partial charge >= 0.3 is 0 Å². The molecule has 4 nitrogen and oxygen atoms in total. The highest BCUT2D eigenvalue weighted by molar-refractivity contribution is 5.92. The van der Waals surface area contributed by atoms with Crippen LogP contribution in [0.3, 0.4) is 0 Å². The first-order valence-electron chi connectivity index (χ1n) is 8.22. The van der Waals surface area contributed by atoms with Gasteiger partial charge in [-0.15, -0.1) is 0 Å². The van der Waals surface area contributed by atoms with Crippen molar-refractivity contribution in [3.05, 3.63) is 90.3 Å². The number of aromatic nitrogens is 2. The van der Waals surface area contributed by atoms with E-state index in [9.17, 15) is 9.18 Å². The smallest absolute Gasteiger partial charge is 0.244 e. The Kier molecular flexibility index (Phi) is 5.49. The largest absolute Gasteiger partial charge is 0.346 e. The third-order valence-corrected chi connectivity index (χ3v) is 3.96. The number of hydrogen-bond donors (Lipinski definition) is 1. The molecule has 0 fully saturated rings. The number of nitrogens with one attached hydrogen (secondary N) is 1. The number of nitrogens with zero attached hydrogens (tertiary/aromatic N) is 2. The summed E-state index contributed by atoms with van der Waals surface area (Å²) in [4.78, 5) is 20.2. The number of halogens is 1. The van der Waals surface area contributed by atoms with Crippen LogP contribution in [0, 0.1) is 5.82 Å². The van der Waals surface area contributed by atoms with E-state index in [-0.39, 0.29) is 17.8 Å². The van der Waals surface area contributed by atoms with Gasteiger partial charge in [0.2, 0.25) is 5.91 Å². The quantitative estimate of drug-likeness (QED) is 0.705. The fourth-order valence-corrected chi connectivity index (χ4v) is 2.56. The van der Waals surface area contributed by atoms with Crippen molar-refractivity contribution in [1.82, 2.24) is 15.3 Å². The molecule has 0 aliphatic rings. The number of rotatable bonds is 5. The fraction of sp³-hybridized carbons (Fsp3) is 0.0952. The number of hydrogen-bond acceptors (Lipinski definition) is 3. The highest BCUT2D eigenvalue weighted by Gasteiger charge is 2.09. The number of carbonyl (C=O) groups excluding carboxylic acids is 1. The van der Waals surface area contributed by atoms with E-state index < -0.39 is 0 Å². The molecule has 1 heterocycles. The molecule has 0 radical (unpaired) electrons. The minimum atomic E-state index is -0.359. The molecule has 0 bridgehead atoms. The average molecular weight is 347 g/mol. The lowest BCUT2D eigenvalue weighted by molar-refractivity contribution is -0.117. The van der Waals surface area contributed by atoms with Gasteiger partial charge in [0.1, 0.15) is 12.1 Å². The van der Waals surface area contributed by atoms with Gasteiger partial charge < -0.3 is 5.32 Å². The van der Waals surface area contributed by atoms with Crippen LogP contribution in [0.15, 0.2) is 73.3 Å². The molecule has 1 aromatic heterocycles. The SMILES string of the molecule is C[C@H](NC(=O)/C=C/c1ccccc1F)c1cccc(-c2cncnc2)c1. The van der Waals surface area contributed by atoms with E-state index >= 15 is 0 Å². The van der Waals surface area contributed by atoms with E-state index in [1.165, 1.54) is 24.5 Å². The van der Waals surface area contributed by atoms with Gasteiger partial charge in [-0.1, -0.05) is 36.4 Å². The molecule has 2 aromatic carbocycles. The summed E-state index contributed by atoms with van der Waals surface area (Å²) in [5, 5.41) is 2.89. The molecule has 0 saturated carbocycles. The van der Waals surface area contributed by atoms with Gasteiger partial charge in [-0.25, -0.2) is 14.4 Å². The molecule has 1 amide bonds. The van der Waals surface area contributed by atoms with Crippen molar-refractivity contribution < 1.29 is 9.18 Å². The third kappa shape index (κ3) is 4.39. The molecule has 0 aliphatic heterocycles. The molecule has 1 atom stereocenters. The summed E-state index contributed by atoms with van der Waals surface area (Å²) in [7, 11) is 0. The second-order valence-electron chi connectivity index (χ2n) is 5.84. The molecule has 26 heavy (non-hydrogen) atoms. The third-order valence-electron chi connectivity index (χ3n) is 3.96. The van der Waals surface area contributed by atoms with Crippen molar-refractivity contribution in [2.75, 3.05) is 0 Å². The first-order valence-corrected chi connectivity index (χ1v) is 8.22. The molecule has 0 unspecified atom stereocenters. The molecule has 130 valence electrons. The molecule has 0 aliphatic carbocycles. The standard InChI is InChI=1S/C21H18FN3O/c1-15(25-21(26)10-9-16-5-2-3-8-20(16)22)17-6-4-7-18(11-17)19-12-23-14-24-13-19/h2-15H,1H3,(H,25,26)/b10-9+/t15-/m0/s1. The normalized spacial score (nSPS) is 12.1. The minimum absolute atomic E-state index is 0.197. The maximum Gasteiger partial charge on any atom is 0.244 e. The average Bonchev–Trinajstić information content (AvgIpc) is 2.68. The van der Waals surface area contributed by atoms with Crippen LogP contribution in [0.5, 0.6) is 0 Å². The Bertz CT molecular complexity index is 925. The number of benzene rings is 2. The first kappa shape index (κ1) is 17.5. The van der Waals surface area contributed by atoms with Crippen molar-refractivity contribution in [3.8, 4) is 11.1 Å². The summed E-state index contributed by atoms with van der Waals surface area (Å²) in [6.07, 6.45) is 7.77. The summed E-state index contributed by atoms with van der Waals surface area (Å²) >= 11 is 0. The van der Waals surface area contributed by atoms with Gasteiger partial charge in [0, 0.05) is 29.6 Å². The van der Waals surface area contributed by atoms with E-state index in [0.29, 0.717) is 5.56 Å². The van der Waals surface area contributed by atoms with Crippen molar-refractivity contribution in [3.63, 3.8) is 0 Å². The van der Waals surface area contributed by atoms with Gasteiger partial charge in [-0.3, -0.25) is 4.79 Å². The highest BCUT2D eigenvalue weighted by atomic mass is 19.1. The molecule has 1 N–H and O–H groups in total. The van der Waals surface area contributed by atoms with E-state index in [4.69, 9.17) is 0 Å².